The van der Waals surface area contributed by atoms with Crippen LogP contribution in [0.1, 0.15) is 61.5 Å². The highest BCUT2D eigenvalue weighted by Crippen LogP contribution is 2.37. The van der Waals surface area contributed by atoms with Gasteiger partial charge in [0.05, 0.1) is 23.7 Å². The van der Waals surface area contributed by atoms with Crippen LogP contribution in [0.5, 0.6) is 5.75 Å². The van der Waals surface area contributed by atoms with Crippen LogP contribution in [0.4, 0.5) is 8.78 Å². The van der Waals surface area contributed by atoms with Gasteiger partial charge in [0, 0.05) is 30.1 Å². The Morgan fingerprint density at radius 2 is 1.97 bits per heavy atom. The summed E-state index contributed by atoms with van der Waals surface area (Å²) in [5.41, 5.74) is 2.59. The first-order valence-corrected chi connectivity index (χ1v) is 12.8. The van der Waals surface area contributed by atoms with Gasteiger partial charge in [-0.15, -0.1) is 0 Å². The second-order valence-corrected chi connectivity index (χ2v) is 9.99. The Kier molecular flexibility index (Phi) is 7.08. The number of nitrogens with one attached hydrogen (secondary N) is 3. The zero-order valence-corrected chi connectivity index (χ0v) is 20.9. The minimum absolute atomic E-state index is 0.107. The second-order valence-electron chi connectivity index (χ2n) is 9.99. The average molecular weight is 512 g/mol. The highest BCUT2D eigenvalue weighted by atomic mass is 19.1. The predicted octanol–water partition coefficient (Wildman–Crippen LogP) is 4.38. The number of alkyl halides is 1. The number of carbonyl (C=O) groups is 2. The average Bonchev–Trinajstić information content (AvgIpc) is 3.64. The first-order valence-electron chi connectivity index (χ1n) is 12.8. The summed E-state index contributed by atoms with van der Waals surface area (Å²) in [6, 6.07) is 3.40. The lowest BCUT2D eigenvalue weighted by molar-refractivity contribution is -0.121. The van der Waals surface area contributed by atoms with Crippen molar-refractivity contribution in [1.29, 1.82) is 0 Å². The lowest BCUT2D eigenvalue weighted by atomic mass is 9.89. The molecule has 2 amide bonds. The summed E-state index contributed by atoms with van der Waals surface area (Å²) < 4.78 is 35.1. The van der Waals surface area contributed by atoms with E-state index in [1.807, 2.05) is 0 Å². The van der Waals surface area contributed by atoms with E-state index in [0.717, 1.165) is 12.8 Å². The maximum Gasteiger partial charge on any atom is 0.255 e. The molecule has 2 saturated carbocycles. The van der Waals surface area contributed by atoms with Crippen molar-refractivity contribution in [3.8, 4) is 17.0 Å². The molecule has 3 aromatic rings. The molecule has 196 valence electrons. The third-order valence-corrected chi connectivity index (χ3v) is 7.14. The minimum Gasteiger partial charge on any atom is -0.493 e. The fraction of sp³-hybridized carbons (Fsp3) is 0.481. The van der Waals surface area contributed by atoms with Crippen LogP contribution < -0.4 is 15.4 Å². The van der Waals surface area contributed by atoms with Gasteiger partial charge in [0.2, 0.25) is 5.91 Å². The maximum atomic E-state index is 14.9. The number of amides is 2. The molecule has 5 rings (SSSR count). The summed E-state index contributed by atoms with van der Waals surface area (Å²) in [4.78, 5) is 36.9. The molecule has 0 bridgehead atoms. The van der Waals surface area contributed by atoms with Gasteiger partial charge in [-0.1, -0.05) is 6.92 Å². The highest BCUT2D eigenvalue weighted by Gasteiger charge is 2.33. The zero-order valence-electron chi connectivity index (χ0n) is 20.9. The Morgan fingerprint density at radius 3 is 2.70 bits per heavy atom. The molecule has 1 aromatic carbocycles. The highest BCUT2D eigenvalue weighted by molar-refractivity contribution is 6.09. The molecule has 2 aromatic heterocycles. The van der Waals surface area contributed by atoms with E-state index in [1.54, 1.807) is 19.9 Å². The van der Waals surface area contributed by atoms with Gasteiger partial charge in [0.15, 0.2) is 0 Å². The third kappa shape index (κ3) is 5.42. The summed E-state index contributed by atoms with van der Waals surface area (Å²) >= 11 is 0. The van der Waals surface area contributed by atoms with E-state index in [4.69, 9.17) is 4.74 Å². The number of halogens is 2. The molecule has 2 fully saturated rings. The number of rotatable bonds is 8. The van der Waals surface area contributed by atoms with E-state index in [0.29, 0.717) is 71.1 Å². The largest absolute Gasteiger partial charge is 0.493 e. The molecule has 8 nitrogen and oxygen atoms in total. The molecule has 2 aliphatic rings. The van der Waals surface area contributed by atoms with Crippen LogP contribution in [0, 0.1) is 18.7 Å². The van der Waals surface area contributed by atoms with Crippen molar-refractivity contribution in [3.05, 3.63) is 41.6 Å². The number of nitrogens with zero attached hydrogens (tertiary/aromatic N) is 2. The molecule has 0 saturated heterocycles. The van der Waals surface area contributed by atoms with Crippen LogP contribution >= 0.6 is 0 Å². The van der Waals surface area contributed by atoms with Gasteiger partial charge in [-0.2, -0.15) is 0 Å². The van der Waals surface area contributed by atoms with Gasteiger partial charge >= 0.3 is 0 Å². The van der Waals surface area contributed by atoms with E-state index < -0.39 is 23.9 Å². The molecule has 0 aliphatic heterocycles. The molecule has 3 atom stereocenters. The van der Waals surface area contributed by atoms with E-state index >= 15 is 0 Å². The van der Waals surface area contributed by atoms with Crippen molar-refractivity contribution < 1.29 is 23.1 Å². The van der Waals surface area contributed by atoms with E-state index in [9.17, 15) is 18.4 Å². The molecular formula is C27H31F2N5O3. The van der Waals surface area contributed by atoms with Crippen molar-refractivity contribution in [3.63, 3.8) is 0 Å². The number of carbonyl (C=O) groups excluding carboxylic acids is 2. The lowest BCUT2D eigenvalue weighted by Crippen LogP contribution is -2.50. The molecule has 10 heteroatoms. The Morgan fingerprint density at radius 1 is 1.16 bits per heavy atom. The van der Waals surface area contributed by atoms with Crippen LogP contribution in [0.3, 0.4) is 0 Å². The number of H-pyrrole nitrogens is 1. The molecular weight excluding hydrogens is 480 g/mol. The van der Waals surface area contributed by atoms with Crippen molar-refractivity contribution in [2.75, 3.05) is 6.61 Å². The first-order chi connectivity index (χ1) is 17.8. The SMILES string of the molecule is CCC(=O)NC1CCC(NC(=O)c2c(C)[nH]c3c(-c4cc(F)ccc4OCC4CC4)ncnc23)C(F)C1. The first kappa shape index (κ1) is 25.1. The number of fused-ring (bicyclic) bond motifs is 1. The van der Waals surface area contributed by atoms with Crippen LogP contribution in [-0.2, 0) is 4.79 Å². The van der Waals surface area contributed by atoms with Crippen LogP contribution in [-0.4, -0.2) is 51.6 Å². The fourth-order valence-corrected chi connectivity index (χ4v) is 4.89. The topological polar surface area (TPSA) is 109 Å². The van der Waals surface area contributed by atoms with E-state index in [1.165, 1.54) is 18.5 Å². The normalized spacial score (nSPS) is 21.6. The second kappa shape index (κ2) is 10.4. The molecule has 0 radical (unpaired) electrons. The van der Waals surface area contributed by atoms with Crippen molar-refractivity contribution in [1.82, 2.24) is 25.6 Å². The standard InChI is InChI=1S/C27H31F2N5O3/c1-3-22(35)33-17-7-8-20(19(29)11-17)34-27(36)23-14(2)32-26-24(30-13-31-25(23)26)18-10-16(28)6-9-21(18)37-12-15-4-5-15/h6,9-10,13,15,17,19-20,32H,3-5,7-8,11-12H2,1-2H3,(H,33,35)(H,34,36). The summed E-state index contributed by atoms with van der Waals surface area (Å²) in [6.07, 6.45) is 3.79. The van der Waals surface area contributed by atoms with Gasteiger partial charge in [-0.25, -0.2) is 18.7 Å². The fourth-order valence-electron chi connectivity index (χ4n) is 4.89. The van der Waals surface area contributed by atoms with Gasteiger partial charge < -0.3 is 20.4 Å². The maximum absolute atomic E-state index is 14.9. The number of hydrogen-bond acceptors (Lipinski definition) is 5. The number of hydrogen-bond donors (Lipinski definition) is 3. The monoisotopic (exact) mass is 511 g/mol. The van der Waals surface area contributed by atoms with Gasteiger partial charge in [-0.05, 0) is 56.7 Å². The molecule has 2 heterocycles. The number of aryl methyl sites for hydroxylation is 1. The zero-order chi connectivity index (χ0) is 26.1. The summed E-state index contributed by atoms with van der Waals surface area (Å²) in [7, 11) is 0. The molecule has 3 N–H and O–H groups in total. The smallest absolute Gasteiger partial charge is 0.255 e. The molecule has 3 unspecified atom stereocenters. The predicted molar refractivity (Wildman–Crippen MR) is 134 cm³/mol. The number of ether oxygens (including phenoxy) is 1. The lowest BCUT2D eigenvalue weighted by Gasteiger charge is -2.32. The Hall–Kier alpha value is -3.56. The summed E-state index contributed by atoms with van der Waals surface area (Å²) in [5.74, 6) is 0.0504. The number of aromatic amines is 1. The van der Waals surface area contributed by atoms with E-state index in [2.05, 4.69) is 25.6 Å². The van der Waals surface area contributed by atoms with Crippen LogP contribution in [0.25, 0.3) is 22.3 Å². The van der Waals surface area contributed by atoms with Gasteiger partial charge in [-0.3, -0.25) is 9.59 Å². The van der Waals surface area contributed by atoms with Crippen LogP contribution in [0.15, 0.2) is 24.5 Å². The Balaban J connectivity index is 1.39. The minimum atomic E-state index is -1.28. The van der Waals surface area contributed by atoms with Crippen LogP contribution in [0.2, 0.25) is 0 Å². The van der Waals surface area contributed by atoms with Crippen molar-refractivity contribution in [2.45, 2.75) is 70.6 Å². The molecule has 2 aliphatic carbocycles. The van der Waals surface area contributed by atoms with Gasteiger partial charge in [0.1, 0.15) is 35.3 Å². The Bertz CT molecular complexity index is 1320. The Labute approximate surface area is 213 Å². The van der Waals surface area contributed by atoms with Crippen molar-refractivity contribution in [2.24, 2.45) is 5.92 Å². The quantitative estimate of drug-likeness (QED) is 0.416. The van der Waals surface area contributed by atoms with E-state index in [-0.39, 0.29) is 18.4 Å². The number of benzene rings is 1. The van der Waals surface area contributed by atoms with Gasteiger partial charge in [0.25, 0.3) is 5.91 Å². The molecule has 37 heavy (non-hydrogen) atoms. The van der Waals surface area contributed by atoms with Crippen molar-refractivity contribution >= 4 is 22.8 Å². The summed E-state index contributed by atoms with van der Waals surface area (Å²) in [5, 5.41) is 5.65. The number of aromatic nitrogens is 3. The molecule has 0 spiro atoms. The summed E-state index contributed by atoms with van der Waals surface area (Å²) in [6.45, 7) is 4.04. The third-order valence-electron chi connectivity index (χ3n) is 7.14.